The zero-order chi connectivity index (χ0) is 37.5. The van der Waals surface area contributed by atoms with Crippen LogP contribution in [0.3, 0.4) is 0 Å². The highest BCUT2D eigenvalue weighted by Gasteiger charge is 2.26. The third kappa shape index (κ3) is 4.64. The number of rotatable bonds is 5. The maximum Gasteiger partial charge on any atom is 0.238 e. The van der Waals surface area contributed by atoms with Crippen LogP contribution in [0, 0.1) is 0 Å². The van der Waals surface area contributed by atoms with Gasteiger partial charge in [-0.1, -0.05) is 109 Å². The van der Waals surface area contributed by atoms with Crippen LogP contribution >= 0.6 is 0 Å². The average molecular weight is 731 g/mol. The Morgan fingerprint density at radius 1 is 0.316 bits per heavy atom. The number of benzene rings is 6. The van der Waals surface area contributed by atoms with E-state index < -0.39 is 0 Å². The van der Waals surface area contributed by atoms with Gasteiger partial charge in [0.15, 0.2) is 11.6 Å². The van der Waals surface area contributed by atoms with E-state index in [0.717, 1.165) is 88.2 Å². The van der Waals surface area contributed by atoms with E-state index in [4.69, 9.17) is 24.9 Å². The van der Waals surface area contributed by atoms with Crippen molar-refractivity contribution in [3.8, 4) is 40.1 Å². The molecule has 0 amide bonds. The van der Waals surface area contributed by atoms with Crippen molar-refractivity contribution in [2.45, 2.75) is 0 Å². The Balaban J connectivity index is 1.26. The smallest absolute Gasteiger partial charge is 0.238 e. The highest BCUT2D eigenvalue weighted by Crippen LogP contribution is 2.41. The normalized spacial score (nSPS) is 11.9. The van der Waals surface area contributed by atoms with Crippen molar-refractivity contribution in [1.82, 2.24) is 38.6 Å². The third-order valence-corrected chi connectivity index (χ3v) is 11.0. The lowest BCUT2D eigenvalue weighted by molar-refractivity contribution is 0.949. The standard InChI is InChI=1S/C49H30N8/c1-2-15-31(16-3-1)47-52-48(54-49(53-47)57-36-21-8-4-17-32(36)33-18-5-9-22-37(33)57)44-40(55-38-23-10-6-19-34(38)45-42(55)27-13-29-50-45)25-12-26-41(44)56-39-24-11-7-20-35(39)46-43(56)28-14-30-51-46/h1-30H. The third-order valence-electron chi connectivity index (χ3n) is 11.0. The summed E-state index contributed by atoms with van der Waals surface area (Å²) >= 11 is 0. The topological polar surface area (TPSA) is 79.2 Å². The molecule has 0 aliphatic heterocycles. The molecule has 6 heterocycles. The highest BCUT2D eigenvalue weighted by molar-refractivity contribution is 6.11. The Kier molecular flexibility index (Phi) is 6.76. The summed E-state index contributed by atoms with van der Waals surface area (Å²) in [7, 11) is 0. The number of aromatic nitrogens is 8. The van der Waals surface area contributed by atoms with Crippen molar-refractivity contribution in [3.63, 3.8) is 0 Å². The van der Waals surface area contributed by atoms with E-state index in [0.29, 0.717) is 17.6 Å². The summed E-state index contributed by atoms with van der Waals surface area (Å²) in [5.41, 5.74) is 11.5. The van der Waals surface area contributed by atoms with E-state index in [-0.39, 0.29) is 0 Å². The van der Waals surface area contributed by atoms with E-state index in [2.05, 4.69) is 153 Å². The minimum Gasteiger partial charge on any atom is -0.307 e. The number of para-hydroxylation sites is 4. The summed E-state index contributed by atoms with van der Waals surface area (Å²) in [5, 5.41) is 4.40. The van der Waals surface area contributed by atoms with Crippen molar-refractivity contribution < 1.29 is 0 Å². The molecule has 0 fully saturated rings. The molecule has 0 atom stereocenters. The van der Waals surface area contributed by atoms with Gasteiger partial charge in [0.25, 0.3) is 0 Å². The molecule has 0 saturated heterocycles. The molecule has 8 nitrogen and oxygen atoms in total. The summed E-state index contributed by atoms with van der Waals surface area (Å²) in [5.74, 6) is 1.65. The fourth-order valence-electron chi connectivity index (χ4n) is 8.65. The van der Waals surface area contributed by atoms with Crippen molar-refractivity contribution in [2.24, 2.45) is 0 Å². The SMILES string of the molecule is c1ccc(-c2nc(-c3c(-n4c5ccccc5c5ncccc54)cccc3-n3c4ccccc4c4ncccc43)nc(-n3c4ccccc4c4ccccc43)n2)cc1. The van der Waals surface area contributed by atoms with Crippen LogP contribution in [0.25, 0.3) is 106 Å². The Labute approximate surface area is 325 Å². The molecular weight excluding hydrogens is 701 g/mol. The van der Waals surface area contributed by atoms with Gasteiger partial charge in [0.05, 0.1) is 61.1 Å². The van der Waals surface area contributed by atoms with Crippen molar-refractivity contribution in [1.29, 1.82) is 0 Å². The minimum absolute atomic E-state index is 0.532. The number of hydrogen-bond donors (Lipinski definition) is 0. The molecule has 0 unspecified atom stereocenters. The molecule has 0 bridgehead atoms. The second-order valence-corrected chi connectivity index (χ2v) is 14.1. The average Bonchev–Trinajstić information content (AvgIpc) is 3.92. The summed E-state index contributed by atoms with van der Waals surface area (Å²) in [6.45, 7) is 0. The molecule has 12 aromatic rings. The maximum absolute atomic E-state index is 5.52. The number of nitrogens with zero attached hydrogens (tertiary/aromatic N) is 8. The lowest BCUT2D eigenvalue weighted by atomic mass is 10.1. The summed E-state index contributed by atoms with van der Waals surface area (Å²) in [6, 6.07) is 58.7. The number of fused-ring (bicyclic) bond motifs is 9. The fourth-order valence-corrected chi connectivity index (χ4v) is 8.65. The first kappa shape index (κ1) is 31.4. The van der Waals surface area contributed by atoms with Crippen LogP contribution in [0.15, 0.2) is 182 Å². The van der Waals surface area contributed by atoms with Gasteiger partial charge in [-0.15, -0.1) is 0 Å². The van der Waals surface area contributed by atoms with Crippen molar-refractivity contribution in [2.75, 3.05) is 0 Å². The van der Waals surface area contributed by atoms with Gasteiger partial charge in [0.1, 0.15) is 0 Å². The minimum atomic E-state index is 0.532. The zero-order valence-corrected chi connectivity index (χ0v) is 30.4. The molecule has 12 rings (SSSR count). The second kappa shape index (κ2) is 12.3. The summed E-state index contributed by atoms with van der Waals surface area (Å²) in [4.78, 5) is 26.0. The predicted octanol–water partition coefficient (Wildman–Crippen LogP) is 11.3. The molecule has 0 spiro atoms. The number of pyridine rings is 2. The van der Waals surface area contributed by atoms with Crippen molar-refractivity contribution in [3.05, 3.63) is 182 Å². The van der Waals surface area contributed by atoms with Crippen LogP contribution in [-0.4, -0.2) is 38.6 Å². The van der Waals surface area contributed by atoms with Gasteiger partial charge in [0, 0.05) is 39.5 Å². The van der Waals surface area contributed by atoms with Gasteiger partial charge in [-0.05, 0) is 60.7 Å². The predicted molar refractivity (Wildman–Crippen MR) is 229 cm³/mol. The van der Waals surface area contributed by atoms with E-state index in [1.165, 1.54) is 0 Å². The molecule has 57 heavy (non-hydrogen) atoms. The van der Waals surface area contributed by atoms with Crippen molar-refractivity contribution >= 4 is 65.7 Å². The molecule has 0 aliphatic rings. The second-order valence-electron chi connectivity index (χ2n) is 14.1. The molecule has 0 saturated carbocycles. The van der Waals surface area contributed by atoms with Crippen LogP contribution < -0.4 is 0 Å². The first-order valence-electron chi connectivity index (χ1n) is 18.9. The summed E-state index contributed by atoms with van der Waals surface area (Å²) < 4.78 is 6.77. The first-order chi connectivity index (χ1) is 28.3. The van der Waals surface area contributed by atoms with Crippen LogP contribution in [0.1, 0.15) is 0 Å². The van der Waals surface area contributed by atoms with E-state index in [9.17, 15) is 0 Å². The largest absolute Gasteiger partial charge is 0.307 e. The molecule has 6 aromatic heterocycles. The quantitative estimate of drug-likeness (QED) is 0.176. The van der Waals surface area contributed by atoms with Gasteiger partial charge >= 0.3 is 0 Å². The van der Waals surface area contributed by atoms with Crippen LogP contribution in [0.4, 0.5) is 0 Å². The van der Waals surface area contributed by atoms with Gasteiger partial charge in [-0.3, -0.25) is 14.5 Å². The zero-order valence-electron chi connectivity index (χ0n) is 30.4. The monoisotopic (exact) mass is 730 g/mol. The Bertz CT molecular complexity index is 3250. The first-order valence-corrected chi connectivity index (χ1v) is 18.9. The lowest BCUT2D eigenvalue weighted by Gasteiger charge is -2.20. The molecular formula is C49H30N8. The molecule has 266 valence electrons. The molecule has 6 aromatic carbocycles. The van der Waals surface area contributed by atoms with E-state index >= 15 is 0 Å². The molecule has 8 heteroatoms. The maximum atomic E-state index is 5.52. The lowest BCUT2D eigenvalue weighted by Crippen LogP contribution is -2.10. The Morgan fingerprint density at radius 3 is 1.30 bits per heavy atom. The fraction of sp³-hybridized carbons (Fsp3) is 0. The van der Waals surface area contributed by atoms with Crippen LogP contribution in [-0.2, 0) is 0 Å². The van der Waals surface area contributed by atoms with E-state index in [1.54, 1.807) is 0 Å². The van der Waals surface area contributed by atoms with Crippen LogP contribution in [0.2, 0.25) is 0 Å². The molecule has 0 aliphatic carbocycles. The van der Waals surface area contributed by atoms with Gasteiger partial charge in [-0.25, -0.2) is 4.98 Å². The van der Waals surface area contributed by atoms with Gasteiger partial charge < -0.3 is 9.13 Å². The Hall–Kier alpha value is -7.97. The number of hydrogen-bond acceptors (Lipinski definition) is 5. The molecule has 0 radical (unpaired) electrons. The Morgan fingerprint density at radius 2 is 0.754 bits per heavy atom. The summed E-state index contributed by atoms with van der Waals surface area (Å²) in [6.07, 6.45) is 3.72. The van der Waals surface area contributed by atoms with Crippen LogP contribution in [0.5, 0.6) is 0 Å². The van der Waals surface area contributed by atoms with Gasteiger partial charge in [0.2, 0.25) is 5.95 Å². The van der Waals surface area contributed by atoms with Gasteiger partial charge in [-0.2, -0.15) is 9.97 Å². The highest BCUT2D eigenvalue weighted by atomic mass is 15.2. The molecule has 0 N–H and O–H groups in total. The van der Waals surface area contributed by atoms with E-state index in [1.807, 2.05) is 42.7 Å².